The standard InChI is InChI=1S/C20H20F2N4O3/c21-14-5-8-16(22)17(11-14)26-20(29)24-10-9-23-18(27)12-3-6-15(7-4-12)25-19(28)13-1-2-13/h3-8,11,13H,1-2,9-10H2,(H,23,27)(H,25,28)(H2,24,26,29). The quantitative estimate of drug-likeness (QED) is 0.536. The summed E-state index contributed by atoms with van der Waals surface area (Å²) in [5.74, 6) is -1.69. The summed E-state index contributed by atoms with van der Waals surface area (Å²) in [6.07, 6.45) is 1.82. The summed E-state index contributed by atoms with van der Waals surface area (Å²) >= 11 is 0. The minimum Gasteiger partial charge on any atom is -0.350 e. The molecule has 0 aromatic heterocycles. The van der Waals surface area contributed by atoms with E-state index in [1.165, 1.54) is 0 Å². The molecule has 4 N–H and O–H groups in total. The molecule has 1 aliphatic rings. The fraction of sp³-hybridized carbons (Fsp3) is 0.250. The predicted octanol–water partition coefficient (Wildman–Crippen LogP) is 2.86. The van der Waals surface area contributed by atoms with E-state index < -0.39 is 17.7 Å². The number of rotatable bonds is 7. The number of urea groups is 1. The molecule has 2 aromatic carbocycles. The van der Waals surface area contributed by atoms with Crippen LogP contribution < -0.4 is 21.3 Å². The van der Waals surface area contributed by atoms with Crippen molar-refractivity contribution in [1.82, 2.24) is 10.6 Å². The van der Waals surface area contributed by atoms with E-state index in [4.69, 9.17) is 0 Å². The second-order valence-electron chi connectivity index (χ2n) is 6.60. The average Bonchev–Trinajstić information content (AvgIpc) is 3.54. The number of amides is 4. The van der Waals surface area contributed by atoms with Gasteiger partial charge in [0, 0.05) is 36.3 Å². The fourth-order valence-electron chi connectivity index (χ4n) is 2.51. The van der Waals surface area contributed by atoms with E-state index >= 15 is 0 Å². The second-order valence-corrected chi connectivity index (χ2v) is 6.60. The van der Waals surface area contributed by atoms with Crippen LogP contribution in [0.2, 0.25) is 0 Å². The minimum atomic E-state index is -0.758. The maximum Gasteiger partial charge on any atom is 0.319 e. The van der Waals surface area contributed by atoms with Crippen LogP contribution in [0.25, 0.3) is 0 Å². The number of benzene rings is 2. The Labute approximate surface area is 165 Å². The van der Waals surface area contributed by atoms with E-state index in [1.54, 1.807) is 24.3 Å². The summed E-state index contributed by atoms with van der Waals surface area (Å²) in [6, 6.07) is 8.47. The molecule has 0 bridgehead atoms. The second kappa shape index (κ2) is 9.13. The van der Waals surface area contributed by atoms with Crippen LogP contribution in [0.4, 0.5) is 25.0 Å². The van der Waals surface area contributed by atoms with E-state index in [-0.39, 0.29) is 36.5 Å². The maximum absolute atomic E-state index is 13.5. The summed E-state index contributed by atoms with van der Waals surface area (Å²) < 4.78 is 26.5. The Bertz CT molecular complexity index is 914. The van der Waals surface area contributed by atoms with Crippen LogP contribution in [-0.2, 0) is 4.79 Å². The van der Waals surface area contributed by atoms with Crippen LogP contribution in [0.15, 0.2) is 42.5 Å². The third-order valence-electron chi connectivity index (χ3n) is 4.24. The number of carbonyl (C=O) groups is 3. The van der Waals surface area contributed by atoms with Gasteiger partial charge in [-0.15, -0.1) is 0 Å². The van der Waals surface area contributed by atoms with Crippen LogP contribution in [0, 0.1) is 17.6 Å². The first-order valence-electron chi connectivity index (χ1n) is 9.11. The minimum absolute atomic E-state index is 0.00956. The number of halogens is 2. The highest BCUT2D eigenvalue weighted by Crippen LogP contribution is 2.30. The summed E-state index contributed by atoms with van der Waals surface area (Å²) in [6.45, 7) is 0.224. The zero-order chi connectivity index (χ0) is 20.8. The van der Waals surface area contributed by atoms with Crippen molar-refractivity contribution in [1.29, 1.82) is 0 Å². The first-order chi connectivity index (χ1) is 13.9. The van der Waals surface area contributed by atoms with Gasteiger partial charge in [-0.2, -0.15) is 0 Å². The van der Waals surface area contributed by atoms with Gasteiger partial charge in [0.2, 0.25) is 5.91 Å². The first-order valence-corrected chi connectivity index (χ1v) is 9.11. The van der Waals surface area contributed by atoms with Gasteiger partial charge >= 0.3 is 6.03 Å². The van der Waals surface area contributed by atoms with Gasteiger partial charge in [0.15, 0.2) is 0 Å². The lowest BCUT2D eigenvalue weighted by Crippen LogP contribution is -2.37. The molecule has 1 aliphatic carbocycles. The number of anilines is 2. The number of hydrogen-bond donors (Lipinski definition) is 4. The van der Waals surface area contributed by atoms with E-state index in [1.807, 2.05) is 0 Å². The van der Waals surface area contributed by atoms with Gasteiger partial charge in [0.05, 0.1) is 5.69 Å². The Morgan fingerprint density at radius 3 is 2.28 bits per heavy atom. The molecule has 1 fully saturated rings. The van der Waals surface area contributed by atoms with Gasteiger partial charge < -0.3 is 21.3 Å². The zero-order valence-corrected chi connectivity index (χ0v) is 15.4. The van der Waals surface area contributed by atoms with Crippen molar-refractivity contribution in [2.75, 3.05) is 23.7 Å². The molecule has 0 saturated heterocycles. The Balaban J connectivity index is 1.38. The van der Waals surface area contributed by atoms with Crippen LogP contribution >= 0.6 is 0 Å². The Kier molecular flexibility index (Phi) is 6.38. The molecule has 4 amide bonds. The van der Waals surface area contributed by atoms with Crippen molar-refractivity contribution in [3.05, 3.63) is 59.7 Å². The van der Waals surface area contributed by atoms with Crippen LogP contribution in [0.3, 0.4) is 0 Å². The highest BCUT2D eigenvalue weighted by molar-refractivity contribution is 5.96. The summed E-state index contributed by atoms with van der Waals surface area (Å²) in [5, 5.41) is 10.0. The van der Waals surface area contributed by atoms with E-state index in [0.717, 1.165) is 31.0 Å². The average molecular weight is 402 g/mol. The molecular formula is C20H20F2N4O3. The third-order valence-corrected chi connectivity index (χ3v) is 4.24. The van der Waals surface area contributed by atoms with Crippen molar-refractivity contribution in [2.24, 2.45) is 5.92 Å². The molecule has 0 heterocycles. The smallest absolute Gasteiger partial charge is 0.319 e. The molecule has 0 atom stereocenters. The summed E-state index contributed by atoms with van der Waals surface area (Å²) in [7, 11) is 0. The molecule has 29 heavy (non-hydrogen) atoms. The van der Waals surface area contributed by atoms with E-state index in [2.05, 4.69) is 21.3 Å². The lowest BCUT2D eigenvalue weighted by atomic mass is 10.2. The van der Waals surface area contributed by atoms with Crippen LogP contribution in [0.5, 0.6) is 0 Å². The molecule has 0 spiro atoms. The van der Waals surface area contributed by atoms with Crippen molar-refractivity contribution in [2.45, 2.75) is 12.8 Å². The maximum atomic E-state index is 13.5. The van der Waals surface area contributed by atoms with Crippen molar-refractivity contribution in [3.8, 4) is 0 Å². The molecule has 0 unspecified atom stereocenters. The lowest BCUT2D eigenvalue weighted by Gasteiger charge is -2.10. The largest absolute Gasteiger partial charge is 0.350 e. The molecule has 0 aliphatic heterocycles. The molecule has 9 heteroatoms. The number of hydrogen-bond acceptors (Lipinski definition) is 3. The molecule has 0 radical (unpaired) electrons. The molecule has 152 valence electrons. The van der Waals surface area contributed by atoms with E-state index in [9.17, 15) is 23.2 Å². The van der Waals surface area contributed by atoms with E-state index in [0.29, 0.717) is 11.3 Å². The molecular weight excluding hydrogens is 382 g/mol. The van der Waals surface area contributed by atoms with Gasteiger partial charge in [0.25, 0.3) is 5.91 Å². The number of carbonyl (C=O) groups excluding carboxylic acids is 3. The van der Waals surface area contributed by atoms with Crippen LogP contribution in [0.1, 0.15) is 23.2 Å². The highest BCUT2D eigenvalue weighted by Gasteiger charge is 2.29. The van der Waals surface area contributed by atoms with Crippen molar-refractivity contribution in [3.63, 3.8) is 0 Å². The first kappa shape index (κ1) is 20.2. The zero-order valence-electron chi connectivity index (χ0n) is 15.4. The SMILES string of the molecule is O=C(NCCNC(=O)c1ccc(NC(=O)C2CC2)cc1)Nc1cc(F)ccc1F. The summed E-state index contributed by atoms with van der Waals surface area (Å²) in [5.41, 5.74) is 0.752. The number of nitrogens with one attached hydrogen (secondary N) is 4. The summed E-state index contributed by atoms with van der Waals surface area (Å²) in [4.78, 5) is 35.5. The molecule has 2 aromatic rings. The molecule has 3 rings (SSSR count). The van der Waals surface area contributed by atoms with Gasteiger partial charge in [-0.05, 0) is 49.2 Å². The highest BCUT2D eigenvalue weighted by atomic mass is 19.1. The van der Waals surface area contributed by atoms with Crippen LogP contribution in [-0.4, -0.2) is 30.9 Å². The molecule has 7 nitrogen and oxygen atoms in total. The fourth-order valence-corrected chi connectivity index (χ4v) is 2.51. The normalized spacial score (nSPS) is 12.8. The van der Waals surface area contributed by atoms with Gasteiger partial charge in [0.1, 0.15) is 11.6 Å². The van der Waals surface area contributed by atoms with Crippen molar-refractivity contribution >= 4 is 29.2 Å². The monoisotopic (exact) mass is 402 g/mol. The Morgan fingerprint density at radius 1 is 0.897 bits per heavy atom. The van der Waals surface area contributed by atoms with Gasteiger partial charge in [-0.25, -0.2) is 13.6 Å². The van der Waals surface area contributed by atoms with Gasteiger partial charge in [-0.3, -0.25) is 9.59 Å². The topological polar surface area (TPSA) is 99.3 Å². The Hall–Kier alpha value is -3.49. The molecule has 1 saturated carbocycles. The Morgan fingerprint density at radius 2 is 1.59 bits per heavy atom. The van der Waals surface area contributed by atoms with Gasteiger partial charge in [-0.1, -0.05) is 0 Å². The predicted molar refractivity (Wildman–Crippen MR) is 104 cm³/mol. The lowest BCUT2D eigenvalue weighted by molar-refractivity contribution is -0.117. The third kappa shape index (κ3) is 6.00. The van der Waals surface area contributed by atoms with Crippen molar-refractivity contribution < 1.29 is 23.2 Å².